The lowest BCUT2D eigenvalue weighted by molar-refractivity contribution is -0.132. The molecular weight excluding hydrogens is 284 g/mol. The summed E-state index contributed by atoms with van der Waals surface area (Å²) < 4.78 is 5.38. The van der Waals surface area contributed by atoms with Crippen LogP contribution in [0.25, 0.3) is 0 Å². The summed E-state index contributed by atoms with van der Waals surface area (Å²) in [6, 6.07) is 6.23. The van der Waals surface area contributed by atoms with E-state index < -0.39 is 0 Å². The lowest BCUT2D eigenvalue weighted by Gasteiger charge is -2.34. The Bertz CT molecular complexity index is 433. The van der Waals surface area contributed by atoms with Crippen molar-refractivity contribution in [1.29, 1.82) is 0 Å². The van der Waals surface area contributed by atoms with Gasteiger partial charge in [-0.15, -0.1) is 11.8 Å². The molecule has 2 rings (SSSR count). The molecule has 1 aliphatic rings. The molecule has 0 saturated heterocycles. The van der Waals surface area contributed by atoms with Crippen molar-refractivity contribution in [3.8, 4) is 0 Å². The fourth-order valence-electron chi connectivity index (χ4n) is 2.72. The van der Waals surface area contributed by atoms with Crippen LogP contribution < -0.4 is 0 Å². The molecule has 1 saturated carbocycles. The van der Waals surface area contributed by atoms with E-state index in [0.29, 0.717) is 18.6 Å². The van der Waals surface area contributed by atoms with Gasteiger partial charge in [-0.2, -0.15) is 0 Å². The third-order valence-electron chi connectivity index (χ3n) is 4.12. The second kappa shape index (κ2) is 8.39. The van der Waals surface area contributed by atoms with Crippen LogP contribution in [-0.2, 0) is 9.53 Å². The van der Waals surface area contributed by atoms with Gasteiger partial charge in [0.1, 0.15) is 0 Å². The van der Waals surface area contributed by atoms with Gasteiger partial charge in [-0.25, -0.2) is 4.98 Å². The molecule has 21 heavy (non-hydrogen) atoms. The first-order valence-electron chi connectivity index (χ1n) is 7.53. The summed E-state index contributed by atoms with van der Waals surface area (Å²) in [4.78, 5) is 18.4. The number of aromatic nitrogens is 1. The van der Waals surface area contributed by atoms with Gasteiger partial charge < -0.3 is 9.64 Å². The predicted octanol–water partition coefficient (Wildman–Crippen LogP) is 2.98. The first kappa shape index (κ1) is 16.3. The summed E-state index contributed by atoms with van der Waals surface area (Å²) in [7, 11) is 3.71. The monoisotopic (exact) mass is 308 g/mol. The third kappa shape index (κ3) is 5.00. The molecule has 1 aliphatic carbocycles. The van der Waals surface area contributed by atoms with E-state index in [4.69, 9.17) is 4.74 Å². The number of hydrogen-bond acceptors (Lipinski definition) is 4. The SMILES string of the molecule is COC1CCC(N(C)C(=O)CCSc2ccccn2)CC1. The van der Waals surface area contributed by atoms with Crippen LogP contribution in [-0.4, -0.2) is 47.8 Å². The highest BCUT2D eigenvalue weighted by molar-refractivity contribution is 7.99. The molecule has 5 heteroatoms. The lowest BCUT2D eigenvalue weighted by atomic mass is 9.92. The van der Waals surface area contributed by atoms with E-state index in [-0.39, 0.29) is 5.91 Å². The molecule has 0 radical (unpaired) electrons. The maximum atomic E-state index is 12.2. The van der Waals surface area contributed by atoms with Crippen LogP contribution in [0.2, 0.25) is 0 Å². The molecule has 1 aromatic rings. The highest BCUT2D eigenvalue weighted by Crippen LogP contribution is 2.25. The largest absolute Gasteiger partial charge is 0.381 e. The Kier molecular flexibility index (Phi) is 6.51. The molecule has 4 nitrogen and oxygen atoms in total. The summed E-state index contributed by atoms with van der Waals surface area (Å²) >= 11 is 1.64. The quantitative estimate of drug-likeness (QED) is 0.758. The van der Waals surface area contributed by atoms with Crippen molar-refractivity contribution < 1.29 is 9.53 Å². The Morgan fingerprint density at radius 3 is 2.76 bits per heavy atom. The highest BCUT2D eigenvalue weighted by Gasteiger charge is 2.26. The summed E-state index contributed by atoms with van der Waals surface area (Å²) in [5.41, 5.74) is 0. The number of thioether (sulfide) groups is 1. The fourth-order valence-corrected chi connectivity index (χ4v) is 3.52. The van der Waals surface area contributed by atoms with Gasteiger partial charge in [-0.05, 0) is 37.8 Å². The number of carbonyl (C=O) groups is 1. The first-order valence-corrected chi connectivity index (χ1v) is 8.51. The molecule has 1 heterocycles. The topological polar surface area (TPSA) is 42.4 Å². The second-order valence-electron chi connectivity index (χ2n) is 5.44. The van der Waals surface area contributed by atoms with Crippen molar-refractivity contribution in [2.75, 3.05) is 19.9 Å². The van der Waals surface area contributed by atoms with E-state index in [1.807, 2.05) is 30.1 Å². The molecule has 0 atom stereocenters. The van der Waals surface area contributed by atoms with E-state index >= 15 is 0 Å². The number of carbonyl (C=O) groups excluding carboxylic acids is 1. The van der Waals surface area contributed by atoms with E-state index in [2.05, 4.69) is 4.98 Å². The maximum Gasteiger partial charge on any atom is 0.223 e. The molecule has 0 unspecified atom stereocenters. The van der Waals surface area contributed by atoms with Crippen LogP contribution in [0, 0.1) is 0 Å². The maximum absolute atomic E-state index is 12.2. The minimum atomic E-state index is 0.235. The first-order chi connectivity index (χ1) is 10.2. The van der Waals surface area contributed by atoms with Crippen molar-refractivity contribution in [3.63, 3.8) is 0 Å². The number of rotatable bonds is 6. The summed E-state index contributed by atoms with van der Waals surface area (Å²) in [5, 5.41) is 0.980. The van der Waals surface area contributed by atoms with E-state index in [1.165, 1.54) is 0 Å². The van der Waals surface area contributed by atoms with Gasteiger partial charge in [0.25, 0.3) is 0 Å². The number of methoxy groups -OCH3 is 1. The Labute approximate surface area is 131 Å². The van der Waals surface area contributed by atoms with Crippen molar-refractivity contribution in [2.24, 2.45) is 0 Å². The Hall–Kier alpha value is -1.07. The van der Waals surface area contributed by atoms with Crippen LogP contribution in [0.1, 0.15) is 32.1 Å². The van der Waals surface area contributed by atoms with Crippen LogP contribution in [0.15, 0.2) is 29.4 Å². The fraction of sp³-hybridized carbons (Fsp3) is 0.625. The minimum absolute atomic E-state index is 0.235. The zero-order valence-corrected chi connectivity index (χ0v) is 13.6. The Morgan fingerprint density at radius 1 is 1.38 bits per heavy atom. The average Bonchev–Trinajstić information content (AvgIpc) is 2.55. The van der Waals surface area contributed by atoms with Gasteiger partial charge in [-0.3, -0.25) is 4.79 Å². The van der Waals surface area contributed by atoms with Crippen molar-refractivity contribution >= 4 is 17.7 Å². The predicted molar refractivity (Wildman–Crippen MR) is 85.4 cm³/mol. The van der Waals surface area contributed by atoms with Gasteiger partial charge >= 0.3 is 0 Å². The summed E-state index contributed by atoms with van der Waals surface area (Å²) in [6.45, 7) is 0. The number of hydrogen-bond donors (Lipinski definition) is 0. The van der Waals surface area contributed by atoms with Crippen molar-refractivity contribution in [1.82, 2.24) is 9.88 Å². The number of nitrogens with zero attached hydrogens (tertiary/aromatic N) is 2. The van der Waals surface area contributed by atoms with Crippen molar-refractivity contribution in [2.45, 2.75) is 49.3 Å². The third-order valence-corrected chi connectivity index (χ3v) is 5.07. The molecular formula is C16H24N2O2S. The normalized spacial score (nSPS) is 22.0. The van der Waals surface area contributed by atoms with Crippen LogP contribution >= 0.6 is 11.8 Å². The molecule has 0 N–H and O–H groups in total. The molecule has 1 aromatic heterocycles. The molecule has 0 aliphatic heterocycles. The standard InChI is InChI=1S/C16H24N2O2S/c1-18(13-6-8-14(20-2)9-7-13)16(19)10-12-21-15-5-3-4-11-17-15/h3-5,11,13-14H,6-10,12H2,1-2H3. The van der Waals surface area contributed by atoms with Gasteiger partial charge in [0.05, 0.1) is 11.1 Å². The zero-order chi connectivity index (χ0) is 15.1. The van der Waals surface area contributed by atoms with Gasteiger partial charge in [0.15, 0.2) is 0 Å². The second-order valence-corrected chi connectivity index (χ2v) is 6.55. The average molecular weight is 308 g/mol. The smallest absolute Gasteiger partial charge is 0.223 e. The van der Waals surface area contributed by atoms with E-state index in [1.54, 1.807) is 25.1 Å². The molecule has 1 fully saturated rings. The van der Waals surface area contributed by atoms with Gasteiger partial charge in [0.2, 0.25) is 5.91 Å². The zero-order valence-electron chi connectivity index (χ0n) is 12.8. The van der Waals surface area contributed by atoms with Gasteiger partial charge in [0, 0.05) is 38.6 Å². The Morgan fingerprint density at radius 2 is 2.14 bits per heavy atom. The molecule has 1 amide bonds. The van der Waals surface area contributed by atoms with Crippen molar-refractivity contribution in [3.05, 3.63) is 24.4 Å². The summed E-state index contributed by atoms with van der Waals surface area (Å²) in [5.74, 6) is 1.02. The number of ether oxygens (including phenoxy) is 1. The lowest BCUT2D eigenvalue weighted by Crippen LogP contribution is -2.40. The van der Waals surface area contributed by atoms with Crippen LogP contribution in [0.5, 0.6) is 0 Å². The summed E-state index contributed by atoms with van der Waals surface area (Å²) in [6.07, 6.45) is 6.95. The molecule has 116 valence electrons. The molecule has 0 aromatic carbocycles. The van der Waals surface area contributed by atoms with Crippen LogP contribution in [0.3, 0.4) is 0 Å². The van der Waals surface area contributed by atoms with Gasteiger partial charge in [-0.1, -0.05) is 6.07 Å². The van der Waals surface area contributed by atoms with Crippen LogP contribution in [0.4, 0.5) is 0 Å². The Balaban J connectivity index is 1.70. The molecule has 0 spiro atoms. The minimum Gasteiger partial charge on any atom is -0.381 e. The highest BCUT2D eigenvalue weighted by atomic mass is 32.2. The number of amides is 1. The van der Waals surface area contributed by atoms with E-state index in [9.17, 15) is 4.79 Å². The van der Waals surface area contributed by atoms with E-state index in [0.717, 1.165) is 36.5 Å². The number of pyridine rings is 1. The molecule has 0 bridgehead atoms.